The molecule has 0 aromatic carbocycles. The number of carbonyl (C=O) groups is 2. The Balaban J connectivity index is 4.29. The lowest BCUT2D eigenvalue weighted by Crippen LogP contribution is -2.37. The third kappa shape index (κ3) is 56.0. The van der Waals surface area contributed by atoms with E-state index < -0.39 is 32.5 Å². The van der Waals surface area contributed by atoms with E-state index in [-0.39, 0.29) is 26.1 Å². The second-order valence-electron chi connectivity index (χ2n) is 19.9. The summed E-state index contributed by atoms with van der Waals surface area (Å²) in [5, 5.41) is 0. The molecule has 0 aromatic heterocycles. The number of phosphoric acid groups is 1. The van der Waals surface area contributed by atoms with Gasteiger partial charge in [0.1, 0.15) is 19.8 Å². The average molecular weight is 1020 g/mol. The average Bonchev–Trinajstić information content (AvgIpc) is 3.34. The fourth-order valence-corrected chi connectivity index (χ4v) is 8.11. The van der Waals surface area contributed by atoms with E-state index >= 15 is 0 Å². The minimum atomic E-state index is -4.66. The van der Waals surface area contributed by atoms with Gasteiger partial charge in [-0.1, -0.05) is 220 Å². The lowest BCUT2D eigenvalue weighted by molar-refractivity contribution is -0.870. The lowest BCUT2D eigenvalue weighted by atomic mass is 10.0. The summed E-state index contributed by atoms with van der Waals surface area (Å²) in [6.07, 6.45) is 72.8. The summed E-state index contributed by atoms with van der Waals surface area (Å²) in [7, 11) is 1.11. The number of esters is 2. The Morgan fingerprint density at radius 3 is 1.22 bits per heavy atom. The quantitative estimate of drug-likeness (QED) is 0.0195. The number of hydrogen-bond acceptors (Lipinski definition) is 8. The summed E-state index contributed by atoms with van der Waals surface area (Å²) in [6.45, 7) is 4.04. The number of likely N-dealkylation sites (N-methyl/N-ethyl adjacent to an activating group) is 1. The fourth-order valence-electron chi connectivity index (χ4n) is 7.38. The lowest BCUT2D eigenvalue weighted by Gasteiger charge is -2.28. The molecule has 9 nitrogen and oxygen atoms in total. The molecule has 0 radical (unpaired) electrons. The van der Waals surface area contributed by atoms with Crippen LogP contribution in [0.3, 0.4) is 0 Å². The number of ether oxygens (including phenoxy) is 2. The van der Waals surface area contributed by atoms with Crippen LogP contribution < -0.4 is 4.89 Å². The minimum Gasteiger partial charge on any atom is -0.756 e. The van der Waals surface area contributed by atoms with Crippen molar-refractivity contribution in [2.24, 2.45) is 0 Å². The van der Waals surface area contributed by atoms with Crippen molar-refractivity contribution in [3.63, 3.8) is 0 Å². The van der Waals surface area contributed by atoms with Gasteiger partial charge in [-0.15, -0.1) is 0 Å². The van der Waals surface area contributed by atoms with Gasteiger partial charge in [0, 0.05) is 12.8 Å². The largest absolute Gasteiger partial charge is 0.756 e. The standard InChI is InChI=1S/C62H106NO8P/c1-6-8-10-12-14-16-18-20-22-24-26-28-30-31-33-34-36-38-40-42-44-46-48-50-52-54-61(64)68-58-60(59-70-72(66,67)69-57-56-63(3,4)5)71-62(65)55-53-51-49-47-45-43-41-39-37-35-32-29-27-25-23-21-19-17-15-13-11-9-7-2/h9,11,15,17-18,20-21,23-24,26-27,29,35,37,41,43,47,49,60H,6-8,10,12-14,16,19,22,25,28,30-34,36,38-40,42,44-46,48,50-59H2,1-5H3/b11-9-,17-15-,20-18-,23-21-,26-24-,29-27-,37-35-,43-41-,49-47-. The van der Waals surface area contributed by atoms with Gasteiger partial charge in [-0.3, -0.25) is 14.2 Å². The van der Waals surface area contributed by atoms with Gasteiger partial charge in [0.25, 0.3) is 7.82 Å². The first kappa shape index (κ1) is 68.7. The number of quaternary nitrogens is 1. The third-order valence-corrected chi connectivity index (χ3v) is 12.7. The van der Waals surface area contributed by atoms with Gasteiger partial charge >= 0.3 is 11.9 Å². The van der Waals surface area contributed by atoms with Crippen molar-refractivity contribution in [1.29, 1.82) is 0 Å². The Morgan fingerprint density at radius 1 is 0.444 bits per heavy atom. The van der Waals surface area contributed by atoms with E-state index in [2.05, 4.69) is 117 Å². The maximum absolute atomic E-state index is 12.8. The van der Waals surface area contributed by atoms with Crippen LogP contribution in [-0.2, 0) is 32.7 Å². The number of nitrogens with zero attached hydrogens (tertiary/aromatic N) is 1. The van der Waals surface area contributed by atoms with Crippen molar-refractivity contribution in [3.8, 4) is 0 Å². The van der Waals surface area contributed by atoms with E-state index in [1.54, 1.807) is 0 Å². The van der Waals surface area contributed by atoms with Gasteiger partial charge in [-0.05, 0) is 96.3 Å². The zero-order valence-electron chi connectivity index (χ0n) is 46.6. The first-order chi connectivity index (χ1) is 35.0. The van der Waals surface area contributed by atoms with Crippen molar-refractivity contribution >= 4 is 19.8 Å². The summed E-state index contributed by atoms with van der Waals surface area (Å²) >= 11 is 0. The molecule has 0 saturated heterocycles. The molecule has 0 spiro atoms. The van der Waals surface area contributed by atoms with Crippen LogP contribution >= 0.6 is 7.82 Å². The molecule has 72 heavy (non-hydrogen) atoms. The number of carbonyl (C=O) groups excluding carboxylic acids is 2. The number of phosphoric ester groups is 1. The van der Waals surface area contributed by atoms with Gasteiger partial charge in [-0.2, -0.15) is 0 Å². The number of rotatable bonds is 51. The van der Waals surface area contributed by atoms with E-state index in [4.69, 9.17) is 18.5 Å². The van der Waals surface area contributed by atoms with Gasteiger partial charge in [0.05, 0.1) is 27.7 Å². The minimum absolute atomic E-state index is 0.0475. The molecule has 0 aliphatic rings. The Labute approximate surface area is 442 Å². The predicted octanol–water partition coefficient (Wildman–Crippen LogP) is 17.2. The summed E-state index contributed by atoms with van der Waals surface area (Å²) in [5.41, 5.74) is 0. The van der Waals surface area contributed by atoms with E-state index in [9.17, 15) is 19.0 Å². The van der Waals surface area contributed by atoms with Gasteiger partial charge in [0.2, 0.25) is 0 Å². The molecular weight excluding hydrogens is 918 g/mol. The maximum Gasteiger partial charge on any atom is 0.306 e. The van der Waals surface area contributed by atoms with Crippen LogP contribution in [0.1, 0.15) is 219 Å². The van der Waals surface area contributed by atoms with E-state index in [0.29, 0.717) is 23.9 Å². The Kier molecular flexibility index (Phi) is 50.1. The SMILES string of the molecule is CC/C=C\C/C=C\C/C=C\C/C=C\C/C=C\C/C=C\C/C=C\CCCC(=O)OC(COC(=O)CCCCCCCCCCCCCCC/C=C\C/C=C\CCCCCCC)COP(=O)([O-])OCC[N+](C)(C)C. The Morgan fingerprint density at radius 2 is 0.806 bits per heavy atom. The maximum atomic E-state index is 12.8. The highest BCUT2D eigenvalue weighted by molar-refractivity contribution is 7.45. The molecule has 0 N–H and O–H groups in total. The van der Waals surface area contributed by atoms with E-state index in [0.717, 1.165) is 77.0 Å². The van der Waals surface area contributed by atoms with Crippen molar-refractivity contribution in [2.45, 2.75) is 225 Å². The van der Waals surface area contributed by atoms with Crippen LogP contribution in [0.15, 0.2) is 109 Å². The molecule has 0 aliphatic heterocycles. The highest BCUT2D eigenvalue weighted by Gasteiger charge is 2.21. The summed E-state index contributed by atoms with van der Waals surface area (Å²) in [5.74, 6) is -0.909. The number of hydrogen-bond donors (Lipinski definition) is 0. The molecule has 0 heterocycles. The number of allylic oxidation sites excluding steroid dienone is 18. The molecule has 2 atom stereocenters. The van der Waals surface area contributed by atoms with Crippen LogP contribution in [0.4, 0.5) is 0 Å². The third-order valence-electron chi connectivity index (χ3n) is 11.8. The summed E-state index contributed by atoms with van der Waals surface area (Å²) in [4.78, 5) is 37.8. The predicted molar refractivity (Wildman–Crippen MR) is 305 cm³/mol. The van der Waals surface area contributed by atoms with Crippen molar-refractivity contribution in [1.82, 2.24) is 0 Å². The van der Waals surface area contributed by atoms with Crippen molar-refractivity contribution in [3.05, 3.63) is 109 Å². The highest BCUT2D eigenvalue weighted by Crippen LogP contribution is 2.38. The Bertz CT molecular complexity index is 1580. The molecule has 412 valence electrons. The molecule has 2 unspecified atom stereocenters. The van der Waals surface area contributed by atoms with Gasteiger partial charge < -0.3 is 27.9 Å². The fraction of sp³-hybridized carbons (Fsp3) is 0.677. The summed E-state index contributed by atoms with van der Waals surface area (Å²) < 4.78 is 34.1. The molecule has 10 heteroatoms. The van der Waals surface area contributed by atoms with Crippen LogP contribution in [0, 0.1) is 0 Å². The van der Waals surface area contributed by atoms with Crippen LogP contribution in [-0.4, -0.2) is 70.0 Å². The Hall–Kier alpha value is -3.33. The smallest absolute Gasteiger partial charge is 0.306 e. The van der Waals surface area contributed by atoms with E-state index in [1.165, 1.54) is 103 Å². The number of unbranched alkanes of at least 4 members (excludes halogenated alkanes) is 19. The molecule has 0 bridgehead atoms. The molecule has 0 rings (SSSR count). The topological polar surface area (TPSA) is 111 Å². The van der Waals surface area contributed by atoms with Gasteiger partial charge in [-0.25, -0.2) is 0 Å². The molecular formula is C62H106NO8P. The molecule has 0 saturated carbocycles. The second-order valence-corrected chi connectivity index (χ2v) is 21.3. The zero-order valence-corrected chi connectivity index (χ0v) is 47.5. The summed E-state index contributed by atoms with van der Waals surface area (Å²) in [6, 6.07) is 0. The molecule has 0 aromatic rings. The van der Waals surface area contributed by atoms with Crippen LogP contribution in [0.5, 0.6) is 0 Å². The first-order valence-corrected chi connectivity index (χ1v) is 30.1. The molecule has 0 amide bonds. The zero-order chi connectivity index (χ0) is 52.7. The van der Waals surface area contributed by atoms with E-state index in [1.807, 2.05) is 27.2 Å². The normalized spacial score (nSPS) is 14.1. The van der Waals surface area contributed by atoms with Gasteiger partial charge in [0.15, 0.2) is 6.10 Å². The molecule has 0 aliphatic carbocycles. The van der Waals surface area contributed by atoms with Crippen LogP contribution in [0.2, 0.25) is 0 Å². The molecule has 0 fully saturated rings. The van der Waals surface area contributed by atoms with Crippen molar-refractivity contribution in [2.75, 3.05) is 47.5 Å². The first-order valence-electron chi connectivity index (χ1n) is 28.6. The van der Waals surface area contributed by atoms with Crippen molar-refractivity contribution < 1.29 is 42.1 Å². The monoisotopic (exact) mass is 1020 g/mol. The highest BCUT2D eigenvalue weighted by atomic mass is 31.2. The van der Waals surface area contributed by atoms with Crippen LogP contribution in [0.25, 0.3) is 0 Å². The second kappa shape index (κ2) is 52.5.